The topological polar surface area (TPSA) is 20.2 Å². The van der Waals surface area contributed by atoms with Gasteiger partial charge in [0.05, 0.1) is 4.05 Å². The summed E-state index contributed by atoms with van der Waals surface area (Å²) in [5.74, 6) is 1.28. The molecule has 1 aromatic heterocycles. The Labute approximate surface area is 119 Å². The number of aryl methyl sites for hydroxylation is 1. The monoisotopic (exact) mass is 357 g/mol. The molecule has 2 heterocycles. The Bertz CT molecular complexity index is 473. The van der Waals surface area contributed by atoms with Crippen molar-refractivity contribution in [3.8, 4) is 0 Å². The number of nitrogens with one attached hydrogen (secondary N) is 1. The van der Waals surface area contributed by atoms with Crippen molar-refractivity contribution >= 4 is 31.1 Å². The summed E-state index contributed by atoms with van der Waals surface area (Å²) in [4.78, 5) is 2.44. The van der Waals surface area contributed by atoms with E-state index in [-0.39, 0.29) is 20.7 Å². The van der Waals surface area contributed by atoms with Gasteiger partial charge in [0.1, 0.15) is 5.82 Å². The number of hydrogen-bond acceptors (Lipinski definition) is 2. The predicted molar refractivity (Wildman–Crippen MR) is 88.7 cm³/mol. The maximum atomic E-state index is 4.17. The number of aromatic nitrogens is 1. The van der Waals surface area contributed by atoms with Crippen LogP contribution in [0.25, 0.3) is 0 Å². The first-order chi connectivity index (χ1) is 8.76. The van der Waals surface area contributed by atoms with Crippen LogP contribution in [0.5, 0.6) is 0 Å². The molecule has 1 aliphatic heterocycles. The van der Waals surface area contributed by atoms with Gasteiger partial charge in [0, 0.05) is 26.3 Å². The van der Waals surface area contributed by atoms with Crippen molar-refractivity contribution in [3.05, 3.63) is 42.1 Å². The van der Waals surface area contributed by atoms with E-state index in [1.54, 1.807) is 0 Å². The molecule has 0 bridgehead atoms. The smallest absolute Gasteiger partial charge is 0.109 e. The molecule has 18 heavy (non-hydrogen) atoms. The second-order valence-corrected chi connectivity index (χ2v) is 6.50. The van der Waals surface area contributed by atoms with E-state index in [0.29, 0.717) is 4.05 Å². The van der Waals surface area contributed by atoms with Gasteiger partial charge in [-0.05, 0) is 18.7 Å². The summed E-state index contributed by atoms with van der Waals surface area (Å²) in [6.45, 7) is 1.88. The lowest BCUT2D eigenvalue weighted by Crippen LogP contribution is -2.31. The normalized spacial score (nSPS) is 19.2. The highest BCUT2D eigenvalue weighted by Gasteiger charge is 2.17. The molecule has 0 saturated carbocycles. The minimum atomic E-state index is -0.0889. The SMILES string of the molecule is C=IC1C=CC=CCN1c1cc(CNC)cn1C. The summed E-state index contributed by atoms with van der Waals surface area (Å²) in [6.07, 6.45) is 11.0. The van der Waals surface area contributed by atoms with Crippen LogP contribution >= 0.6 is 20.7 Å². The third kappa shape index (κ3) is 2.92. The van der Waals surface area contributed by atoms with E-state index in [0.717, 1.165) is 13.1 Å². The number of nitrogens with zero attached hydrogens (tertiary/aromatic N) is 2. The van der Waals surface area contributed by atoms with Crippen LogP contribution in [0.4, 0.5) is 5.82 Å². The van der Waals surface area contributed by atoms with E-state index in [2.05, 4.69) is 62.9 Å². The summed E-state index contributed by atoms with van der Waals surface area (Å²) in [5, 5.41) is 3.20. The van der Waals surface area contributed by atoms with Crippen LogP contribution in [-0.2, 0) is 13.6 Å². The van der Waals surface area contributed by atoms with E-state index in [1.165, 1.54) is 11.4 Å². The molecule has 0 aliphatic carbocycles. The minimum Gasteiger partial charge on any atom is -0.339 e. The molecule has 4 heteroatoms. The summed E-state index contributed by atoms with van der Waals surface area (Å²) < 4.78 is 6.86. The molecule has 1 N–H and O–H groups in total. The Hall–Kier alpha value is -0.880. The molecule has 0 fully saturated rings. The highest BCUT2D eigenvalue weighted by molar-refractivity contribution is 14.2. The first-order valence-electron chi connectivity index (χ1n) is 6.03. The zero-order valence-corrected chi connectivity index (χ0v) is 13.1. The van der Waals surface area contributed by atoms with Gasteiger partial charge >= 0.3 is 0 Å². The van der Waals surface area contributed by atoms with Crippen LogP contribution < -0.4 is 10.2 Å². The summed E-state index contributed by atoms with van der Waals surface area (Å²) in [5.41, 5.74) is 1.33. The van der Waals surface area contributed by atoms with Crippen molar-refractivity contribution < 1.29 is 0 Å². The molecule has 0 aromatic carbocycles. The van der Waals surface area contributed by atoms with Gasteiger partial charge in [-0.15, -0.1) is 20.7 Å². The lowest BCUT2D eigenvalue weighted by atomic mass is 10.3. The molecular formula is C14H20IN3. The number of halogens is 1. The van der Waals surface area contributed by atoms with E-state index in [9.17, 15) is 0 Å². The van der Waals surface area contributed by atoms with Crippen LogP contribution in [0.15, 0.2) is 36.6 Å². The molecular weight excluding hydrogens is 337 g/mol. The van der Waals surface area contributed by atoms with Crippen LogP contribution in [-0.4, -0.2) is 26.7 Å². The Kier molecular flexibility index (Phi) is 4.77. The minimum absolute atomic E-state index is 0.0889. The Morgan fingerprint density at radius 3 is 3.06 bits per heavy atom. The molecule has 98 valence electrons. The van der Waals surface area contributed by atoms with Crippen LogP contribution in [0.2, 0.25) is 0 Å². The van der Waals surface area contributed by atoms with Crippen LogP contribution in [0.3, 0.4) is 0 Å². The average molecular weight is 357 g/mol. The predicted octanol–water partition coefficient (Wildman–Crippen LogP) is 2.41. The van der Waals surface area contributed by atoms with Gasteiger partial charge < -0.3 is 14.8 Å². The van der Waals surface area contributed by atoms with Crippen molar-refractivity contribution in [2.75, 3.05) is 18.5 Å². The van der Waals surface area contributed by atoms with E-state index in [1.807, 2.05) is 7.05 Å². The highest BCUT2D eigenvalue weighted by Crippen LogP contribution is 2.26. The van der Waals surface area contributed by atoms with Crippen molar-refractivity contribution in [1.29, 1.82) is 0 Å². The summed E-state index contributed by atoms with van der Waals surface area (Å²) in [6, 6.07) is 2.27. The average Bonchev–Trinajstić information content (AvgIpc) is 2.60. The molecule has 1 atom stereocenters. The fourth-order valence-corrected chi connectivity index (χ4v) is 3.70. The van der Waals surface area contributed by atoms with Gasteiger partial charge in [0.25, 0.3) is 0 Å². The Balaban J connectivity index is 2.30. The zero-order valence-electron chi connectivity index (χ0n) is 10.9. The third-order valence-electron chi connectivity index (χ3n) is 2.99. The van der Waals surface area contributed by atoms with Crippen molar-refractivity contribution in [2.45, 2.75) is 10.6 Å². The van der Waals surface area contributed by atoms with E-state index in [4.69, 9.17) is 0 Å². The molecule has 3 nitrogen and oxygen atoms in total. The van der Waals surface area contributed by atoms with Gasteiger partial charge in [-0.2, -0.15) is 0 Å². The third-order valence-corrected chi connectivity index (χ3v) is 4.98. The van der Waals surface area contributed by atoms with Crippen LogP contribution in [0.1, 0.15) is 5.56 Å². The van der Waals surface area contributed by atoms with Gasteiger partial charge in [0.2, 0.25) is 0 Å². The molecule has 0 amide bonds. The second kappa shape index (κ2) is 6.33. The van der Waals surface area contributed by atoms with E-state index < -0.39 is 0 Å². The Morgan fingerprint density at radius 1 is 1.50 bits per heavy atom. The molecule has 0 spiro atoms. The second-order valence-electron chi connectivity index (χ2n) is 4.34. The zero-order chi connectivity index (χ0) is 13.0. The molecule has 2 rings (SSSR count). The van der Waals surface area contributed by atoms with Crippen LogP contribution in [0, 0.1) is 0 Å². The number of anilines is 1. The number of hydrogen-bond donors (Lipinski definition) is 1. The summed E-state index contributed by atoms with van der Waals surface area (Å²) in [7, 11) is 4.10. The van der Waals surface area contributed by atoms with E-state index >= 15 is 0 Å². The first-order valence-corrected chi connectivity index (χ1v) is 8.80. The van der Waals surface area contributed by atoms with Crippen molar-refractivity contribution in [2.24, 2.45) is 7.05 Å². The standard InChI is InChI=1S/C14H20IN3/c1-15-13-7-5-4-6-8-18(13)14-9-12(10-16-2)11-17(14)3/h4-7,9,11,13,16H,1,8,10H2,2-3H3. The number of rotatable bonds is 4. The van der Waals surface area contributed by atoms with Gasteiger partial charge in [0.15, 0.2) is 0 Å². The quantitative estimate of drug-likeness (QED) is 0.507. The molecule has 1 aliphatic rings. The molecule has 1 unspecified atom stereocenters. The fraction of sp³-hybridized carbons (Fsp3) is 0.357. The maximum Gasteiger partial charge on any atom is 0.109 e. The maximum absolute atomic E-state index is 4.17. The lowest BCUT2D eigenvalue weighted by molar-refractivity contribution is 0.806. The van der Waals surface area contributed by atoms with Gasteiger partial charge in [-0.25, -0.2) is 0 Å². The van der Waals surface area contributed by atoms with Crippen molar-refractivity contribution in [3.63, 3.8) is 0 Å². The molecule has 1 aromatic rings. The molecule has 0 radical (unpaired) electrons. The fourth-order valence-electron chi connectivity index (χ4n) is 2.17. The van der Waals surface area contributed by atoms with Gasteiger partial charge in [-0.3, -0.25) is 0 Å². The highest BCUT2D eigenvalue weighted by atomic mass is 127. The largest absolute Gasteiger partial charge is 0.339 e. The van der Waals surface area contributed by atoms with Gasteiger partial charge in [-0.1, -0.05) is 28.8 Å². The lowest BCUT2D eigenvalue weighted by Gasteiger charge is -2.27. The van der Waals surface area contributed by atoms with Crippen molar-refractivity contribution in [1.82, 2.24) is 9.88 Å². The molecule has 0 saturated heterocycles. The Morgan fingerprint density at radius 2 is 2.33 bits per heavy atom. The summed E-state index contributed by atoms with van der Waals surface area (Å²) >= 11 is -0.0889. The number of allylic oxidation sites excluding steroid dienone is 2. The number of alkyl halides is 1. The first kappa shape index (κ1) is 13.5.